The lowest BCUT2D eigenvalue weighted by atomic mass is 9.79. The number of carbonyl (C=O) groups is 3. The second kappa shape index (κ2) is 23.0. The number of ether oxygens (including phenoxy) is 2. The van der Waals surface area contributed by atoms with Gasteiger partial charge in [0, 0.05) is 65.8 Å². The van der Waals surface area contributed by atoms with E-state index in [0.717, 1.165) is 99.4 Å². The number of morpholine rings is 1. The fourth-order valence-electron chi connectivity index (χ4n) is 6.76. The number of benzene rings is 2. The zero-order valence-corrected chi connectivity index (χ0v) is 30.1. The van der Waals surface area contributed by atoms with Gasteiger partial charge in [0.05, 0.1) is 19.8 Å². The van der Waals surface area contributed by atoms with Crippen molar-refractivity contribution in [2.75, 3.05) is 65.0 Å². The van der Waals surface area contributed by atoms with Gasteiger partial charge in [-0.25, -0.2) is 4.39 Å². The van der Waals surface area contributed by atoms with Crippen molar-refractivity contribution in [3.63, 3.8) is 0 Å². The quantitative estimate of drug-likeness (QED) is 0.172. The maximum absolute atomic E-state index is 12.2. The number of alkyl halides is 1. The second-order valence-corrected chi connectivity index (χ2v) is 13.4. The molecule has 1 amide bonds. The van der Waals surface area contributed by atoms with Gasteiger partial charge in [-0.2, -0.15) is 0 Å². The van der Waals surface area contributed by atoms with E-state index in [2.05, 4.69) is 69.1 Å². The third-order valence-electron chi connectivity index (χ3n) is 9.98. The molecule has 2 aromatic carbocycles. The van der Waals surface area contributed by atoms with Crippen LogP contribution >= 0.6 is 0 Å². The van der Waals surface area contributed by atoms with Crippen molar-refractivity contribution in [2.45, 2.75) is 70.4 Å². The highest BCUT2D eigenvalue weighted by molar-refractivity contribution is 5.86. The van der Waals surface area contributed by atoms with Gasteiger partial charge >= 0.3 is 0 Å². The highest BCUT2D eigenvalue weighted by Crippen LogP contribution is 2.32. The number of H-pyrrole nitrogens is 1. The Labute approximate surface area is 297 Å². The number of nitrogens with one attached hydrogen (secondary N) is 2. The molecule has 3 aromatic rings. The summed E-state index contributed by atoms with van der Waals surface area (Å²) in [4.78, 5) is 38.4. The monoisotopic (exact) mass is 695 g/mol. The number of aryl methyl sites for hydroxylation is 1. The molecule has 0 bridgehead atoms. The fraction of sp³-hybridized carbons (Fsp3) is 0.564. The lowest BCUT2D eigenvalue weighted by molar-refractivity contribution is -0.129. The first-order chi connectivity index (χ1) is 24.3. The summed E-state index contributed by atoms with van der Waals surface area (Å²) < 4.78 is 21.9. The van der Waals surface area contributed by atoms with E-state index in [1.807, 2.05) is 31.2 Å². The molecule has 11 heteroatoms. The zero-order chi connectivity index (χ0) is 36.1. The molecule has 3 aliphatic rings. The van der Waals surface area contributed by atoms with Gasteiger partial charge in [-0.05, 0) is 102 Å². The number of rotatable bonds is 11. The Kier molecular flexibility index (Phi) is 18.7. The lowest BCUT2D eigenvalue weighted by Gasteiger charge is -2.28. The number of likely N-dealkylation sites (tertiary alicyclic amines) is 1. The maximum atomic E-state index is 12.2. The Morgan fingerprint density at radius 1 is 1.02 bits per heavy atom. The van der Waals surface area contributed by atoms with Crippen molar-refractivity contribution in [2.24, 2.45) is 17.6 Å². The van der Waals surface area contributed by atoms with Gasteiger partial charge in [-0.15, -0.1) is 0 Å². The highest BCUT2D eigenvalue weighted by atomic mass is 19.1. The number of aromatic nitrogens is 1. The molecule has 10 nitrogen and oxygen atoms in total. The van der Waals surface area contributed by atoms with Crippen LogP contribution in [0.5, 0.6) is 0 Å². The van der Waals surface area contributed by atoms with Crippen LogP contribution in [0.4, 0.5) is 10.1 Å². The smallest absolute Gasteiger partial charge is 0.293 e. The van der Waals surface area contributed by atoms with Crippen LogP contribution in [0.2, 0.25) is 0 Å². The molecule has 2 aliphatic heterocycles. The summed E-state index contributed by atoms with van der Waals surface area (Å²) in [6.07, 6.45) is 7.52. The normalized spacial score (nSPS) is 22.7. The van der Waals surface area contributed by atoms with Crippen molar-refractivity contribution in [1.29, 1.82) is 0 Å². The summed E-state index contributed by atoms with van der Waals surface area (Å²) in [5, 5.41) is 3.73. The molecule has 1 aromatic heterocycles. The highest BCUT2D eigenvalue weighted by Gasteiger charge is 2.28. The minimum atomic E-state index is -0.434. The summed E-state index contributed by atoms with van der Waals surface area (Å²) in [7, 11) is 2.22. The van der Waals surface area contributed by atoms with Crippen LogP contribution in [0.25, 0.3) is 10.9 Å². The van der Waals surface area contributed by atoms with E-state index in [1.165, 1.54) is 18.5 Å². The number of aromatic amines is 1. The van der Waals surface area contributed by atoms with E-state index >= 15 is 0 Å². The van der Waals surface area contributed by atoms with Gasteiger partial charge in [-0.1, -0.05) is 30.3 Å². The van der Waals surface area contributed by atoms with E-state index in [0.29, 0.717) is 31.4 Å². The number of fused-ring (bicyclic) bond motifs is 1. The number of aldehydes is 1. The van der Waals surface area contributed by atoms with E-state index in [1.54, 1.807) is 0 Å². The zero-order valence-electron chi connectivity index (χ0n) is 30.1. The minimum absolute atomic E-state index is 0.202. The summed E-state index contributed by atoms with van der Waals surface area (Å²) in [5.41, 5.74) is 10.1. The average Bonchev–Trinajstić information content (AvgIpc) is 3.70. The fourth-order valence-corrected chi connectivity index (χ4v) is 6.76. The van der Waals surface area contributed by atoms with Gasteiger partial charge in [-0.3, -0.25) is 14.5 Å². The number of anilines is 1. The second-order valence-electron chi connectivity index (χ2n) is 13.4. The van der Waals surface area contributed by atoms with Crippen LogP contribution in [-0.4, -0.2) is 106 Å². The van der Waals surface area contributed by atoms with Crippen molar-refractivity contribution < 1.29 is 28.2 Å². The molecule has 3 atom stereocenters. The summed E-state index contributed by atoms with van der Waals surface area (Å²) in [5.74, 6) is 1.24. The summed E-state index contributed by atoms with van der Waals surface area (Å²) in [6.45, 7) is 10.8. The number of nitrogens with zero attached hydrogens (tertiary/aromatic N) is 2. The molecular weight excluding hydrogens is 637 g/mol. The number of nitrogens with two attached hydrogens (primary N) is 1. The average molecular weight is 696 g/mol. The van der Waals surface area contributed by atoms with E-state index in [-0.39, 0.29) is 12.0 Å². The van der Waals surface area contributed by atoms with Gasteiger partial charge < -0.3 is 35.2 Å². The first-order valence-corrected chi connectivity index (χ1v) is 18.0. The largest absolute Gasteiger partial charge is 0.468 e. The van der Waals surface area contributed by atoms with Crippen LogP contribution < -0.4 is 11.1 Å². The van der Waals surface area contributed by atoms with Crippen LogP contribution in [0, 0.1) is 18.8 Å². The molecule has 3 heterocycles. The van der Waals surface area contributed by atoms with E-state index in [9.17, 15) is 18.8 Å². The molecule has 0 spiro atoms. The van der Waals surface area contributed by atoms with Crippen LogP contribution in [-0.2, 0) is 23.9 Å². The Morgan fingerprint density at radius 2 is 1.74 bits per heavy atom. The van der Waals surface area contributed by atoms with Gasteiger partial charge in [0.2, 0.25) is 6.41 Å². The number of amides is 1. The predicted octanol–water partition coefficient (Wildman–Crippen LogP) is 5.71. The van der Waals surface area contributed by atoms with Gasteiger partial charge in [0.1, 0.15) is 13.0 Å². The van der Waals surface area contributed by atoms with Gasteiger partial charge in [0.15, 0.2) is 0 Å². The first-order valence-electron chi connectivity index (χ1n) is 18.0. The minimum Gasteiger partial charge on any atom is -0.468 e. The SMILES string of the molecule is CC1[C@@H](c2ccccc2)CCN1C.Cc1cc2cc(NC=O)ccc2[nH]1.NC(CF)C1CCC(C=O)CC1.O=COCCCN1CCOCC1. The number of carbonyl (C=O) groups excluding carboxylic acids is 3. The number of halogens is 1. The van der Waals surface area contributed by atoms with Gasteiger partial charge in [0.25, 0.3) is 6.47 Å². The molecule has 3 fully saturated rings. The molecule has 4 N–H and O–H groups in total. The predicted molar refractivity (Wildman–Crippen MR) is 198 cm³/mol. The lowest BCUT2D eigenvalue weighted by Crippen LogP contribution is -2.37. The maximum Gasteiger partial charge on any atom is 0.293 e. The van der Waals surface area contributed by atoms with Crippen LogP contribution in [0.15, 0.2) is 54.6 Å². The molecule has 2 saturated heterocycles. The summed E-state index contributed by atoms with van der Waals surface area (Å²) >= 11 is 0. The third-order valence-corrected chi connectivity index (χ3v) is 9.98. The third kappa shape index (κ3) is 13.9. The van der Waals surface area contributed by atoms with Crippen LogP contribution in [0.3, 0.4) is 0 Å². The Morgan fingerprint density at radius 3 is 2.34 bits per heavy atom. The molecule has 0 radical (unpaired) electrons. The molecule has 1 saturated carbocycles. The number of hydrogen-bond acceptors (Lipinski definition) is 8. The standard InChI is InChI=1S/C12H17N.C10H10N2O.C9H16FNO.C8H15NO3/c1-10-12(8-9-13(10)2)11-6-4-3-5-7-11;1-7-4-8-5-9(11-6-13)2-3-10(8)12-7;10-5-9(11)8-3-1-7(6-12)2-4-8;10-8-12-5-1-2-9-3-6-11-7-4-9/h3-7,10,12H,8-9H2,1-2H3;2-6,12H,1H3,(H,11,13);6-9H,1-5,11H2;8H,1-7H2/t10?,12-;;;/m0.../s1. The first kappa shape index (κ1) is 40.8. The Bertz CT molecular complexity index is 1380. The Hall–Kier alpha value is -3.64. The van der Waals surface area contributed by atoms with E-state index < -0.39 is 6.67 Å². The summed E-state index contributed by atoms with van der Waals surface area (Å²) in [6, 6.07) is 19.1. The molecule has 50 heavy (non-hydrogen) atoms. The van der Waals surface area contributed by atoms with Crippen molar-refractivity contribution in [3.8, 4) is 0 Å². The topological polar surface area (TPSA) is 130 Å². The molecule has 2 unspecified atom stereocenters. The van der Waals surface area contributed by atoms with Crippen molar-refractivity contribution in [1.82, 2.24) is 14.8 Å². The van der Waals surface area contributed by atoms with Crippen molar-refractivity contribution >= 4 is 35.8 Å². The number of hydrogen-bond donors (Lipinski definition) is 3. The van der Waals surface area contributed by atoms with E-state index in [4.69, 9.17) is 10.5 Å². The Balaban J connectivity index is 0.000000180. The molecule has 276 valence electrons. The molecular formula is C39H58FN5O5. The van der Waals surface area contributed by atoms with Crippen molar-refractivity contribution in [3.05, 3.63) is 65.9 Å². The molecule has 1 aliphatic carbocycles. The molecule has 6 rings (SSSR count). The van der Waals surface area contributed by atoms with Crippen LogP contribution in [0.1, 0.15) is 62.6 Å². The number of likely N-dealkylation sites (N-methyl/N-ethyl adjacent to an activating group) is 1.